The quantitative estimate of drug-likeness (QED) is 0.0660. The van der Waals surface area contributed by atoms with Gasteiger partial charge in [0, 0.05) is 58.2 Å². The summed E-state index contributed by atoms with van der Waals surface area (Å²) in [7, 11) is 0. The third kappa shape index (κ3) is 7.51. The molecule has 0 unspecified atom stereocenters. The highest BCUT2D eigenvalue weighted by Gasteiger charge is 2.27. The number of carbonyl (C=O) groups is 3. The fraction of sp³-hybridized carbons (Fsp3) is 0.176. The molecular weight excluding hydrogens is 594 g/mol. The third-order valence-corrected chi connectivity index (χ3v) is 8.16. The molecular formula is C34H29N3O7S. The van der Waals surface area contributed by atoms with Crippen molar-refractivity contribution in [2.45, 2.75) is 23.6 Å². The van der Waals surface area contributed by atoms with Gasteiger partial charge in [-0.25, -0.2) is 4.79 Å². The SMILES string of the molecule is CC(=O)ON=C(C(=O)c1ccc(Sc2ccc(C(=O)c3ccc(N4CCOCC4)cc3)cc2)cc1)c1c(C)cccc1[N+](=O)[O-]. The summed E-state index contributed by atoms with van der Waals surface area (Å²) < 4.78 is 5.41. The molecule has 1 saturated heterocycles. The van der Waals surface area contributed by atoms with Gasteiger partial charge < -0.3 is 14.5 Å². The summed E-state index contributed by atoms with van der Waals surface area (Å²) in [5.41, 5.74) is 2.21. The molecule has 45 heavy (non-hydrogen) atoms. The standard InChI is InChI=1S/C34H29N3O7S/c1-22-4-3-5-30(37(41)42)31(22)32(35-44-23(2)38)34(40)26-10-16-29(17-11-26)45-28-14-8-25(9-15-28)33(39)24-6-12-27(13-7-24)36-18-20-43-21-19-36/h3-17H,18-21H2,1-2H3. The lowest BCUT2D eigenvalue weighted by molar-refractivity contribution is -0.385. The van der Waals surface area contributed by atoms with E-state index in [9.17, 15) is 24.5 Å². The molecule has 0 aromatic heterocycles. The van der Waals surface area contributed by atoms with Gasteiger partial charge >= 0.3 is 5.97 Å². The number of ketones is 2. The molecule has 1 heterocycles. The molecule has 0 radical (unpaired) electrons. The number of nitrogens with zero attached hydrogens (tertiary/aromatic N) is 3. The zero-order valence-electron chi connectivity index (χ0n) is 24.6. The van der Waals surface area contributed by atoms with E-state index in [2.05, 4.69) is 10.1 Å². The molecule has 0 saturated carbocycles. The second kappa shape index (κ2) is 14.1. The van der Waals surface area contributed by atoms with Crippen LogP contribution in [-0.4, -0.2) is 54.5 Å². The van der Waals surface area contributed by atoms with Gasteiger partial charge in [-0.05, 0) is 85.3 Å². The molecule has 0 aliphatic carbocycles. The fourth-order valence-corrected chi connectivity index (χ4v) is 5.67. The van der Waals surface area contributed by atoms with E-state index in [4.69, 9.17) is 9.57 Å². The van der Waals surface area contributed by atoms with Crippen LogP contribution in [0.15, 0.2) is 106 Å². The highest BCUT2D eigenvalue weighted by atomic mass is 32.2. The predicted octanol–water partition coefficient (Wildman–Crippen LogP) is 6.27. The van der Waals surface area contributed by atoms with E-state index in [0.29, 0.717) is 29.9 Å². The molecule has 10 nitrogen and oxygen atoms in total. The summed E-state index contributed by atoms with van der Waals surface area (Å²) in [4.78, 5) is 57.8. The van der Waals surface area contributed by atoms with Crippen LogP contribution >= 0.6 is 11.8 Å². The summed E-state index contributed by atoms with van der Waals surface area (Å²) in [6.07, 6.45) is 0. The van der Waals surface area contributed by atoms with Crippen LogP contribution in [0.1, 0.15) is 44.3 Å². The van der Waals surface area contributed by atoms with E-state index in [-0.39, 0.29) is 28.3 Å². The maximum atomic E-state index is 13.5. The van der Waals surface area contributed by atoms with Gasteiger partial charge in [-0.3, -0.25) is 19.7 Å². The first kappa shape index (κ1) is 31.3. The largest absolute Gasteiger partial charge is 0.378 e. The first-order valence-corrected chi connectivity index (χ1v) is 14.9. The smallest absolute Gasteiger partial charge is 0.332 e. The van der Waals surface area contributed by atoms with Crippen molar-refractivity contribution in [2.24, 2.45) is 5.16 Å². The molecule has 11 heteroatoms. The lowest BCUT2D eigenvalue weighted by Gasteiger charge is -2.28. The number of hydrogen-bond acceptors (Lipinski definition) is 10. The maximum Gasteiger partial charge on any atom is 0.332 e. The van der Waals surface area contributed by atoms with Gasteiger partial charge in [0.15, 0.2) is 11.5 Å². The van der Waals surface area contributed by atoms with E-state index in [0.717, 1.165) is 35.5 Å². The van der Waals surface area contributed by atoms with Crippen molar-refractivity contribution in [1.82, 2.24) is 0 Å². The number of anilines is 1. The van der Waals surface area contributed by atoms with Gasteiger partial charge in [0.1, 0.15) is 0 Å². The first-order chi connectivity index (χ1) is 21.7. The van der Waals surface area contributed by atoms with E-state index >= 15 is 0 Å². The number of carbonyl (C=O) groups excluding carboxylic acids is 3. The minimum Gasteiger partial charge on any atom is -0.378 e. The van der Waals surface area contributed by atoms with E-state index in [1.165, 1.54) is 23.9 Å². The number of morpholine rings is 1. The Bertz CT molecular complexity index is 1760. The lowest BCUT2D eigenvalue weighted by Crippen LogP contribution is -2.36. The fourth-order valence-electron chi connectivity index (χ4n) is 4.86. The molecule has 4 aromatic carbocycles. The first-order valence-electron chi connectivity index (χ1n) is 14.1. The second-order valence-corrected chi connectivity index (χ2v) is 11.4. The van der Waals surface area contributed by atoms with E-state index in [1.807, 2.05) is 36.4 Å². The van der Waals surface area contributed by atoms with Gasteiger partial charge in [-0.2, -0.15) is 0 Å². The molecule has 0 atom stereocenters. The van der Waals surface area contributed by atoms with Crippen molar-refractivity contribution in [3.05, 3.63) is 129 Å². The Morgan fingerprint density at radius 1 is 0.844 bits per heavy atom. The Balaban J connectivity index is 1.28. The van der Waals surface area contributed by atoms with E-state index < -0.39 is 16.7 Å². The number of ether oxygens (including phenoxy) is 1. The Hall–Kier alpha value is -5.13. The number of rotatable bonds is 10. The van der Waals surface area contributed by atoms with Gasteiger partial charge in [-0.1, -0.05) is 29.1 Å². The van der Waals surface area contributed by atoms with Gasteiger partial charge in [-0.15, -0.1) is 0 Å². The molecule has 1 aliphatic heterocycles. The van der Waals surface area contributed by atoms with E-state index in [1.54, 1.807) is 49.4 Å². The Kier molecular flexibility index (Phi) is 9.81. The van der Waals surface area contributed by atoms with Crippen LogP contribution in [0.4, 0.5) is 11.4 Å². The number of aryl methyl sites for hydroxylation is 1. The lowest BCUT2D eigenvalue weighted by atomic mass is 9.96. The summed E-state index contributed by atoms with van der Waals surface area (Å²) in [6.45, 7) is 5.78. The van der Waals surface area contributed by atoms with Gasteiger partial charge in [0.25, 0.3) is 5.69 Å². The van der Waals surface area contributed by atoms with Crippen LogP contribution in [0, 0.1) is 17.0 Å². The Morgan fingerprint density at radius 2 is 1.40 bits per heavy atom. The summed E-state index contributed by atoms with van der Waals surface area (Å²) in [5.74, 6) is -1.47. The monoisotopic (exact) mass is 623 g/mol. The molecule has 4 aromatic rings. The zero-order valence-corrected chi connectivity index (χ0v) is 25.4. The molecule has 1 aliphatic rings. The summed E-state index contributed by atoms with van der Waals surface area (Å²) in [5, 5.41) is 15.4. The molecule has 0 spiro atoms. The number of hydrogen-bond donors (Lipinski definition) is 0. The summed E-state index contributed by atoms with van der Waals surface area (Å²) in [6, 6.07) is 25.9. The van der Waals surface area contributed by atoms with Crippen molar-refractivity contribution >= 4 is 46.4 Å². The Morgan fingerprint density at radius 3 is 1.96 bits per heavy atom. The Labute approximate surface area is 263 Å². The number of oxime groups is 1. The minimum absolute atomic E-state index is 0.0186. The van der Waals surface area contributed by atoms with Crippen LogP contribution in [0.25, 0.3) is 0 Å². The number of Topliss-reactive ketones (excluding diaryl/α,β-unsaturated/α-hetero) is 1. The number of nitro groups is 1. The van der Waals surface area contributed by atoms with Crippen molar-refractivity contribution in [3.8, 4) is 0 Å². The maximum absolute atomic E-state index is 13.5. The van der Waals surface area contributed by atoms with Crippen molar-refractivity contribution in [2.75, 3.05) is 31.2 Å². The van der Waals surface area contributed by atoms with Crippen molar-refractivity contribution in [3.63, 3.8) is 0 Å². The predicted molar refractivity (Wildman–Crippen MR) is 170 cm³/mol. The van der Waals surface area contributed by atoms with Crippen LogP contribution in [-0.2, 0) is 14.4 Å². The number of nitro benzene ring substituents is 1. The molecule has 228 valence electrons. The molecule has 5 rings (SSSR count). The molecule has 0 amide bonds. The number of benzene rings is 4. The normalized spacial score (nSPS) is 13.3. The van der Waals surface area contributed by atoms with Crippen molar-refractivity contribution in [1.29, 1.82) is 0 Å². The second-order valence-electron chi connectivity index (χ2n) is 10.2. The van der Waals surface area contributed by atoms with Crippen molar-refractivity contribution < 1.29 is 28.9 Å². The highest BCUT2D eigenvalue weighted by molar-refractivity contribution is 7.99. The molecule has 1 fully saturated rings. The van der Waals surface area contributed by atoms with Crippen LogP contribution in [0.5, 0.6) is 0 Å². The topological polar surface area (TPSA) is 128 Å². The summed E-state index contributed by atoms with van der Waals surface area (Å²) >= 11 is 1.44. The zero-order chi connectivity index (χ0) is 31.9. The third-order valence-electron chi connectivity index (χ3n) is 7.14. The van der Waals surface area contributed by atoms with Crippen LogP contribution in [0.3, 0.4) is 0 Å². The molecule has 0 N–H and O–H groups in total. The molecule has 0 bridgehead atoms. The minimum atomic E-state index is -0.766. The average Bonchev–Trinajstić information content (AvgIpc) is 3.06. The average molecular weight is 624 g/mol. The van der Waals surface area contributed by atoms with Crippen LogP contribution in [0.2, 0.25) is 0 Å². The van der Waals surface area contributed by atoms with Gasteiger partial charge in [0.05, 0.1) is 23.7 Å². The van der Waals surface area contributed by atoms with Crippen LogP contribution < -0.4 is 4.90 Å². The highest BCUT2D eigenvalue weighted by Crippen LogP contribution is 2.30. The van der Waals surface area contributed by atoms with Gasteiger partial charge in [0.2, 0.25) is 5.78 Å².